The van der Waals surface area contributed by atoms with Gasteiger partial charge in [0.2, 0.25) is 0 Å². The number of hydrogen-bond acceptors (Lipinski definition) is 3. The monoisotopic (exact) mass is 279 g/mol. The third kappa shape index (κ3) is 3.48. The van der Waals surface area contributed by atoms with E-state index in [1.165, 1.54) is 0 Å². The average Bonchev–Trinajstić information content (AvgIpc) is 2.72. The lowest BCUT2D eigenvalue weighted by Crippen LogP contribution is -2.33. The minimum Gasteiger partial charge on any atom is -0.354 e. The molecule has 0 atom stereocenters. The fraction of sp³-hybridized carbons (Fsp3) is 0.600. The van der Waals surface area contributed by atoms with E-state index < -0.39 is 0 Å². The van der Waals surface area contributed by atoms with Crippen molar-refractivity contribution in [1.82, 2.24) is 15.2 Å². The third-order valence-electron chi connectivity index (χ3n) is 3.40. The van der Waals surface area contributed by atoms with E-state index in [9.17, 15) is 9.59 Å². The summed E-state index contributed by atoms with van der Waals surface area (Å²) in [5, 5.41) is 3.02. The summed E-state index contributed by atoms with van der Waals surface area (Å²) in [6, 6.07) is 0. The van der Waals surface area contributed by atoms with Gasteiger partial charge in [-0.15, -0.1) is 0 Å². The maximum atomic E-state index is 12.5. The van der Waals surface area contributed by atoms with Crippen LogP contribution in [-0.2, 0) is 6.42 Å². The number of nitrogens with one attached hydrogen (secondary N) is 2. The average molecular weight is 279 g/mol. The molecule has 0 fully saturated rings. The van der Waals surface area contributed by atoms with E-state index in [1.807, 2.05) is 20.9 Å². The van der Waals surface area contributed by atoms with E-state index in [2.05, 4.69) is 10.3 Å². The van der Waals surface area contributed by atoms with Gasteiger partial charge in [-0.05, 0) is 32.9 Å². The fourth-order valence-electron chi connectivity index (χ4n) is 2.41. The van der Waals surface area contributed by atoms with Crippen LogP contribution in [0.2, 0.25) is 0 Å². The Hall–Kier alpha value is -1.62. The molecule has 20 heavy (non-hydrogen) atoms. The molecule has 112 valence electrons. The predicted molar refractivity (Wildman–Crippen MR) is 80.4 cm³/mol. The summed E-state index contributed by atoms with van der Waals surface area (Å²) >= 11 is 0. The highest BCUT2D eigenvalue weighted by Gasteiger charge is 2.23. The summed E-state index contributed by atoms with van der Waals surface area (Å²) < 4.78 is 0. The van der Waals surface area contributed by atoms with Crippen LogP contribution in [0.4, 0.5) is 0 Å². The van der Waals surface area contributed by atoms with Gasteiger partial charge in [0.15, 0.2) is 5.78 Å². The number of amides is 1. The summed E-state index contributed by atoms with van der Waals surface area (Å²) in [5.74, 6) is -0.0431. The van der Waals surface area contributed by atoms with Gasteiger partial charge in [-0.3, -0.25) is 9.59 Å². The van der Waals surface area contributed by atoms with Gasteiger partial charge >= 0.3 is 0 Å². The number of carbonyl (C=O) groups is 2. The fourth-order valence-corrected chi connectivity index (χ4v) is 2.41. The van der Waals surface area contributed by atoms with Gasteiger partial charge in [0, 0.05) is 31.4 Å². The van der Waals surface area contributed by atoms with Crippen molar-refractivity contribution in [1.29, 1.82) is 0 Å². The second-order valence-electron chi connectivity index (χ2n) is 5.12. The van der Waals surface area contributed by atoms with Crippen LogP contribution >= 0.6 is 0 Å². The van der Waals surface area contributed by atoms with Crippen LogP contribution in [0.1, 0.15) is 52.4 Å². The highest BCUT2D eigenvalue weighted by molar-refractivity contribution is 6.02. The number of carbonyl (C=O) groups excluding carboxylic acids is 2. The first kappa shape index (κ1) is 16.4. The molecule has 2 N–H and O–H groups in total. The molecular weight excluding hydrogens is 254 g/mol. The number of ketones is 1. The molecule has 0 aliphatic heterocycles. The number of Topliss-reactive ketones (excluding diaryl/α,β-unsaturated/α-hetero) is 1. The van der Waals surface area contributed by atoms with Gasteiger partial charge in [-0.2, -0.15) is 0 Å². The Bertz CT molecular complexity index is 492. The molecule has 0 radical (unpaired) electrons. The number of aryl methyl sites for hydroxylation is 1. The first-order valence-corrected chi connectivity index (χ1v) is 7.06. The maximum absolute atomic E-state index is 12.5. The van der Waals surface area contributed by atoms with Crippen LogP contribution < -0.4 is 5.32 Å². The van der Waals surface area contributed by atoms with Crippen molar-refractivity contribution in [2.45, 2.75) is 33.6 Å². The number of rotatable bonds is 7. The van der Waals surface area contributed by atoms with Gasteiger partial charge in [-0.25, -0.2) is 0 Å². The Morgan fingerprint density at radius 2 is 2.00 bits per heavy atom. The van der Waals surface area contributed by atoms with Gasteiger partial charge in [0.25, 0.3) is 5.91 Å². The molecule has 1 aromatic rings. The minimum atomic E-state index is -0.0562. The van der Waals surface area contributed by atoms with Crippen molar-refractivity contribution in [2.75, 3.05) is 27.2 Å². The number of aromatic amines is 1. The standard InChI is InChI=1S/C15H25N3O2/c1-6-7-12-13(11(3)19)10(2)17-14(12)15(20)18(5)9-8-16-4/h16-17H,6-9H2,1-5H3. The van der Waals surface area contributed by atoms with Crippen molar-refractivity contribution < 1.29 is 9.59 Å². The number of nitrogens with zero attached hydrogens (tertiary/aromatic N) is 1. The zero-order valence-corrected chi connectivity index (χ0v) is 13.1. The lowest BCUT2D eigenvalue weighted by molar-refractivity contribution is 0.0790. The van der Waals surface area contributed by atoms with Crippen LogP contribution in [0.3, 0.4) is 0 Å². The van der Waals surface area contributed by atoms with Gasteiger partial charge in [-0.1, -0.05) is 13.3 Å². The highest BCUT2D eigenvalue weighted by Crippen LogP contribution is 2.22. The second-order valence-corrected chi connectivity index (χ2v) is 5.12. The lowest BCUT2D eigenvalue weighted by Gasteiger charge is -2.17. The summed E-state index contributed by atoms with van der Waals surface area (Å²) in [5.41, 5.74) is 2.88. The summed E-state index contributed by atoms with van der Waals surface area (Å²) in [4.78, 5) is 29.1. The number of likely N-dealkylation sites (N-methyl/N-ethyl adjacent to an activating group) is 2. The first-order chi connectivity index (χ1) is 9.43. The Labute approximate surface area is 120 Å². The Kier molecular flexibility index (Phi) is 5.95. The normalized spacial score (nSPS) is 10.7. The largest absolute Gasteiger partial charge is 0.354 e. The van der Waals surface area contributed by atoms with E-state index in [-0.39, 0.29) is 11.7 Å². The zero-order chi connectivity index (χ0) is 15.3. The van der Waals surface area contributed by atoms with E-state index >= 15 is 0 Å². The molecule has 5 nitrogen and oxygen atoms in total. The number of aromatic nitrogens is 1. The zero-order valence-electron chi connectivity index (χ0n) is 13.1. The smallest absolute Gasteiger partial charge is 0.270 e. The van der Waals surface area contributed by atoms with Crippen molar-refractivity contribution >= 4 is 11.7 Å². The third-order valence-corrected chi connectivity index (χ3v) is 3.40. The van der Waals surface area contributed by atoms with E-state index in [1.54, 1.807) is 18.9 Å². The molecule has 0 aliphatic rings. The molecule has 0 bridgehead atoms. The maximum Gasteiger partial charge on any atom is 0.270 e. The number of hydrogen-bond donors (Lipinski definition) is 2. The minimum absolute atomic E-state index is 0.0131. The predicted octanol–water partition coefficient (Wildman–Crippen LogP) is 1.77. The summed E-state index contributed by atoms with van der Waals surface area (Å²) in [6.07, 6.45) is 1.64. The summed E-state index contributed by atoms with van der Waals surface area (Å²) in [6.45, 7) is 6.82. The second kappa shape index (κ2) is 7.24. The van der Waals surface area contributed by atoms with Crippen molar-refractivity contribution in [3.05, 3.63) is 22.5 Å². The Balaban J connectivity index is 3.13. The van der Waals surface area contributed by atoms with Crippen LogP contribution in [0.5, 0.6) is 0 Å². The van der Waals surface area contributed by atoms with Crippen molar-refractivity contribution in [3.8, 4) is 0 Å². The first-order valence-electron chi connectivity index (χ1n) is 7.06. The molecule has 0 spiro atoms. The van der Waals surface area contributed by atoms with Crippen LogP contribution in [0.15, 0.2) is 0 Å². The SMILES string of the molecule is CCCc1c(C(=O)N(C)CCNC)[nH]c(C)c1C(C)=O. The molecule has 1 heterocycles. The topological polar surface area (TPSA) is 65.2 Å². The molecular formula is C15H25N3O2. The number of H-pyrrole nitrogens is 1. The lowest BCUT2D eigenvalue weighted by atomic mass is 10.0. The molecule has 0 aromatic carbocycles. The molecule has 0 saturated heterocycles. The molecule has 1 rings (SSSR count). The summed E-state index contributed by atoms with van der Waals surface area (Å²) in [7, 11) is 3.63. The van der Waals surface area contributed by atoms with Gasteiger partial charge in [0.05, 0.1) is 0 Å². The van der Waals surface area contributed by atoms with Crippen LogP contribution in [-0.4, -0.2) is 48.8 Å². The molecule has 1 aromatic heterocycles. The van der Waals surface area contributed by atoms with E-state index in [4.69, 9.17) is 0 Å². The van der Waals surface area contributed by atoms with Gasteiger partial charge < -0.3 is 15.2 Å². The van der Waals surface area contributed by atoms with E-state index in [0.29, 0.717) is 17.8 Å². The Morgan fingerprint density at radius 3 is 2.50 bits per heavy atom. The Morgan fingerprint density at radius 1 is 1.35 bits per heavy atom. The molecule has 0 unspecified atom stereocenters. The molecule has 0 saturated carbocycles. The van der Waals surface area contributed by atoms with Crippen molar-refractivity contribution in [2.24, 2.45) is 0 Å². The van der Waals surface area contributed by atoms with Gasteiger partial charge in [0.1, 0.15) is 5.69 Å². The highest BCUT2D eigenvalue weighted by atomic mass is 16.2. The molecule has 1 amide bonds. The molecule has 0 aliphatic carbocycles. The molecule has 5 heteroatoms. The quantitative estimate of drug-likeness (QED) is 0.748. The van der Waals surface area contributed by atoms with Crippen LogP contribution in [0.25, 0.3) is 0 Å². The van der Waals surface area contributed by atoms with Crippen molar-refractivity contribution in [3.63, 3.8) is 0 Å². The van der Waals surface area contributed by atoms with Crippen LogP contribution in [0, 0.1) is 6.92 Å². The van der Waals surface area contributed by atoms with E-state index in [0.717, 1.165) is 30.6 Å².